The van der Waals surface area contributed by atoms with Crippen molar-refractivity contribution >= 4 is 10.9 Å². The number of rotatable bonds is 2. The van der Waals surface area contributed by atoms with Crippen molar-refractivity contribution in [2.24, 2.45) is 0 Å². The number of likely N-dealkylation sites (N-methyl/N-ethyl adjacent to an activating group) is 1. The monoisotopic (exact) mass is 256 g/mol. The predicted octanol–water partition coefficient (Wildman–Crippen LogP) is 2.74. The zero-order chi connectivity index (χ0) is 12.8. The molecular formula is C16H20N2O. The van der Waals surface area contributed by atoms with Crippen LogP contribution in [0.15, 0.2) is 18.2 Å². The molecule has 0 saturated heterocycles. The van der Waals surface area contributed by atoms with Gasteiger partial charge < -0.3 is 14.6 Å². The maximum Gasteiger partial charge on any atom is 0.129 e. The van der Waals surface area contributed by atoms with Crippen LogP contribution in [0.1, 0.15) is 24.1 Å². The summed E-state index contributed by atoms with van der Waals surface area (Å²) in [6, 6.07) is 6.40. The Morgan fingerprint density at radius 2 is 2.05 bits per heavy atom. The summed E-state index contributed by atoms with van der Waals surface area (Å²) < 4.78 is 6.10. The third-order valence-corrected chi connectivity index (χ3v) is 4.28. The van der Waals surface area contributed by atoms with Gasteiger partial charge in [0, 0.05) is 36.1 Å². The molecule has 1 aromatic heterocycles. The number of hydrogen-bond donors (Lipinski definition) is 1. The van der Waals surface area contributed by atoms with E-state index in [9.17, 15) is 0 Å². The minimum atomic E-state index is 0.463. The van der Waals surface area contributed by atoms with Crippen LogP contribution >= 0.6 is 0 Å². The van der Waals surface area contributed by atoms with Gasteiger partial charge in [-0.05, 0) is 44.0 Å². The number of nitrogens with zero attached hydrogens (tertiary/aromatic N) is 1. The number of aromatic nitrogens is 1. The third-order valence-electron chi connectivity index (χ3n) is 4.28. The molecule has 0 atom stereocenters. The largest absolute Gasteiger partial charge is 0.490 e. The van der Waals surface area contributed by atoms with Crippen molar-refractivity contribution in [2.75, 3.05) is 20.1 Å². The summed E-state index contributed by atoms with van der Waals surface area (Å²) in [4.78, 5) is 6.01. The molecule has 0 bridgehead atoms. The van der Waals surface area contributed by atoms with Crippen LogP contribution in [0.2, 0.25) is 0 Å². The van der Waals surface area contributed by atoms with Crippen molar-refractivity contribution in [1.29, 1.82) is 0 Å². The summed E-state index contributed by atoms with van der Waals surface area (Å²) in [5, 5.41) is 1.33. The Morgan fingerprint density at radius 1 is 1.21 bits per heavy atom. The Kier molecular flexibility index (Phi) is 2.55. The zero-order valence-electron chi connectivity index (χ0n) is 11.4. The Morgan fingerprint density at radius 3 is 2.89 bits per heavy atom. The van der Waals surface area contributed by atoms with Gasteiger partial charge in [-0.2, -0.15) is 0 Å². The van der Waals surface area contributed by atoms with Gasteiger partial charge in [-0.25, -0.2) is 0 Å². The highest BCUT2D eigenvalue weighted by Gasteiger charge is 2.26. The maximum absolute atomic E-state index is 6.10. The van der Waals surface area contributed by atoms with Crippen molar-refractivity contribution in [2.45, 2.75) is 31.8 Å². The average Bonchev–Trinajstić information content (AvgIpc) is 3.17. The first-order chi connectivity index (χ1) is 9.31. The number of aromatic amines is 1. The molecule has 0 amide bonds. The van der Waals surface area contributed by atoms with E-state index in [0.717, 1.165) is 31.7 Å². The van der Waals surface area contributed by atoms with Crippen LogP contribution < -0.4 is 4.74 Å². The number of hydrogen-bond acceptors (Lipinski definition) is 2. The molecule has 1 saturated carbocycles. The predicted molar refractivity (Wildman–Crippen MR) is 76.9 cm³/mol. The van der Waals surface area contributed by atoms with E-state index < -0.39 is 0 Å². The summed E-state index contributed by atoms with van der Waals surface area (Å²) in [6.07, 6.45) is 5.13. The molecule has 1 aliphatic heterocycles. The number of benzene rings is 1. The third kappa shape index (κ3) is 2.02. The summed E-state index contributed by atoms with van der Waals surface area (Å²) in [7, 11) is 2.20. The number of H-pyrrole nitrogens is 1. The molecule has 1 aromatic carbocycles. The summed E-state index contributed by atoms with van der Waals surface area (Å²) in [6.45, 7) is 2.27. The van der Waals surface area contributed by atoms with Crippen LogP contribution in [0.3, 0.4) is 0 Å². The van der Waals surface area contributed by atoms with Crippen LogP contribution in [-0.4, -0.2) is 36.1 Å². The van der Waals surface area contributed by atoms with Crippen molar-refractivity contribution in [3.8, 4) is 5.75 Å². The van der Waals surface area contributed by atoms with Crippen molar-refractivity contribution < 1.29 is 4.74 Å². The molecule has 2 aliphatic rings. The summed E-state index contributed by atoms with van der Waals surface area (Å²) >= 11 is 0. The second kappa shape index (κ2) is 4.27. The van der Waals surface area contributed by atoms with Gasteiger partial charge in [0.25, 0.3) is 0 Å². The van der Waals surface area contributed by atoms with Crippen LogP contribution in [-0.2, 0) is 12.8 Å². The van der Waals surface area contributed by atoms with Gasteiger partial charge >= 0.3 is 0 Å². The van der Waals surface area contributed by atoms with Crippen LogP contribution in [0.5, 0.6) is 5.75 Å². The lowest BCUT2D eigenvalue weighted by Gasteiger charge is -2.12. The van der Waals surface area contributed by atoms with Gasteiger partial charge in [0.1, 0.15) is 5.75 Å². The van der Waals surface area contributed by atoms with E-state index in [-0.39, 0.29) is 0 Å². The van der Waals surface area contributed by atoms with Gasteiger partial charge in [-0.1, -0.05) is 6.07 Å². The molecule has 0 unspecified atom stereocenters. The fraction of sp³-hybridized carbons (Fsp3) is 0.500. The Labute approximate surface area is 113 Å². The van der Waals surface area contributed by atoms with Gasteiger partial charge in [0.15, 0.2) is 0 Å². The molecule has 0 radical (unpaired) electrons. The van der Waals surface area contributed by atoms with E-state index >= 15 is 0 Å². The first kappa shape index (κ1) is 11.4. The lowest BCUT2D eigenvalue weighted by atomic mass is 10.1. The normalized spacial score (nSPS) is 20.3. The molecule has 0 spiro atoms. The molecule has 1 aliphatic carbocycles. The van der Waals surface area contributed by atoms with Gasteiger partial charge in [0.2, 0.25) is 0 Å². The molecule has 3 nitrogen and oxygen atoms in total. The van der Waals surface area contributed by atoms with E-state index in [2.05, 4.69) is 35.1 Å². The van der Waals surface area contributed by atoms with Crippen molar-refractivity contribution in [1.82, 2.24) is 9.88 Å². The fourth-order valence-electron chi connectivity index (χ4n) is 3.01. The van der Waals surface area contributed by atoms with E-state index in [1.165, 1.54) is 35.0 Å². The highest BCUT2D eigenvalue weighted by molar-refractivity contribution is 5.90. The van der Waals surface area contributed by atoms with Crippen LogP contribution in [0.4, 0.5) is 0 Å². The molecular weight excluding hydrogens is 236 g/mol. The molecule has 1 N–H and O–H groups in total. The smallest absolute Gasteiger partial charge is 0.129 e. The van der Waals surface area contributed by atoms with Crippen molar-refractivity contribution in [3.05, 3.63) is 29.5 Å². The molecule has 19 heavy (non-hydrogen) atoms. The Bertz CT molecular complexity index is 612. The van der Waals surface area contributed by atoms with E-state index in [1.807, 2.05) is 0 Å². The molecule has 3 heteroatoms. The van der Waals surface area contributed by atoms with Crippen LogP contribution in [0.25, 0.3) is 10.9 Å². The Balaban J connectivity index is 1.82. The summed E-state index contributed by atoms with van der Waals surface area (Å²) in [5.74, 6) is 1.09. The molecule has 100 valence electrons. The fourth-order valence-corrected chi connectivity index (χ4v) is 3.01. The maximum atomic E-state index is 6.10. The summed E-state index contributed by atoms with van der Waals surface area (Å²) in [5.41, 5.74) is 4.13. The van der Waals surface area contributed by atoms with Crippen LogP contribution in [0, 0.1) is 0 Å². The standard InChI is InChI=1S/C16H20N2O/c1-18-9-7-12-13(8-10-18)17-14-3-2-4-15(16(12)14)19-11-5-6-11/h2-4,11,17H,5-10H2,1H3. The molecule has 2 aromatic rings. The number of ether oxygens (including phenoxy) is 1. The SMILES string of the molecule is CN1CCc2[nH]c3cccc(OC4CC4)c3c2CC1. The van der Waals surface area contributed by atoms with E-state index in [1.54, 1.807) is 0 Å². The van der Waals surface area contributed by atoms with Gasteiger partial charge in [-0.3, -0.25) is 0 Å². The minimum absolute atomic E-state index is 0.463. The minimum Gasteiger partial charge on any atom is -0.490 e. The second-order valence-electron chi connectivity index (χ2n) is 5.88. The lowest BCUT2D eigenvalue weighted by Crippen LogP contribution is -2.21. The molecule has 4 rings (SSSR count). The molecule has 2 heterocycles. The highest BCUT2D eigenvalue weighted by Crippen LogP contribution is 2.36. The first-order valence-corrected chi connectivity index (χ1v) is 7.29. The molecule has 1 fully saturated rings. The highest BCUT2D eigenvalue weighted by atomic mass is 16.5. The quantitative estimate of drug-likeness (QED) is 0.895. The second-order valence-corrected chi connectivity index (χ2v) is 5.88. The lowest BCUT2D eigenvalue weighted by molar-refractivity contribution is 0.306. The van der Waals surface area contributed by atoms with Gasteiger partial charge in [-0.15, -0.1) is 0 Å². The number of fused-ring (bicyclic) bond motifs is 3. The average molecular weight is 256 g/mol. The Hall–Kier alpha value is -1.48. The zero-order valence-corrected chi connectivity index (χ0v) is 11.4. The van der Waals surface area contributed by atoms with Gasteiger partial charge in [0.05, 0.1) is 6.10 Å². The van der Waals surface area contributed by atoms with E-state index in [0.29, 0.717) is 6.10 Å². The van der Waals surface area contributed by atoms with E-state index in [4.69, 9.17) is 4.74 Å². The number of nitrogens with one attached hydrogen (secondary N) is 1. The topological polar surface area (TPSA) is 28.3 Å². The van der Waals surface area contributed by atoms with Crippen molar-refractivity contribution in [3.63, 3.8) is 0 Å². The first-order valence-electron chi connectivity index (χ1n) is 7.29.